The number of carbonyl (C=O) groups excluding carboxylic acids is 1. The summed E-state index contributed by atoms with van der Waals surface area (Å²) >= 11 is 0. The van der Waals surface area contributed by atoms with E-state index in [9.17, 15) is 9.18 Å². The number of piperidine rings is 1. The highest BCUT2D eigenvalue weighted by Crippen LogP contribution is 2.33. The average Bonchev–Trinajstić information content (AvgIpc) is 3.17. The third-order valence-corrected chi connectivity index (χ3v) is 5.84. The van der Waals surface area contributed by atoms with E-state index in [0.29, 0.717) is 24.7 Å². The van der Waals surface area contributed by atoms with Crippen LogP contribution in [0.3, 0.4) is 0 Å². The minimum Gasteiger partial charge on any atom is -0.493 e. The molecule has 0 atom stereocenters. The molecule has 4 rings (SSSR count). The smallest absolute Gasteiger partial charge is 0.223 e. The van der Waals surface area contributed by atoms with Crippen molar-refractivity contribution in [2.75, 3.05) is 19.7 Å². The highest BCUT2D eigenvalue weighted by atomic mass is 19.1. The topological polar surface area (TPSA) is 58.2 Å². The molecule has 1 aliphatic rings. The molecule has 1 amide bonds. The Bertz CT molecular complexity index is 1000. The number of aromatic nitrogens is 2. The molecule has 0 spiro atoms. The average molecular weight is 410 g/mol. The quantitative estimate of drug-likeness (QED) is 0.630. The van der Waals surface area contributed by atoms with E-state index in [1.807, 2.05) is 24.8 Å². The second-order valence-corrected chi connectivity index (χ2v) is 8.88. The molecule has 0 unspecified atom stereocenters. The standard InChI is InChI=1S/C24H28FN3O2/c1-24(2,16-30-19-7-5-18(25)6-8-19)14-22(29)28-12-9-17(10-13-28)21-15-27-23-20(21)4-3-11-26-23/h3-8,11,15,17H,9-10,12-14,16H2,1-2H3,(H,26,27). The molecule has 5 nitrogen and oxygen atoms in total. The maximum Gasteiger partial charge on any atom is 0.223 e. The van der Waals surface area contributed by atoms with Crippen LogP contribution in [0.25, 0.3) is 11.0 Å². The zero-order valence-electron chi connectivity index (χ0n) is 17.5. The van der Waals surface area contributed by atoms with Gasteiger partial charge in [-0.15, -0.1) is 0 Å². The number of hydrogen-bond donors (Lipinski definition) is 1. The van der Waals surface area contributed by atoms with Crippen molar-refractivity contribution >= 4 is 16.9 Å². The first-order valence-electron chi connectivity index (χ1n) is 10.5. The summed E-state index contributed by atoms with van der Waals surface area (Å²) in [6.07, 6.45) is 6.21. The van der Waals surface area contributed by atoms with Crippen LogP contribution in [0, 0.1) is 11.2 Å². The summed E-state index contributed by atoms with van der Waals surface area (Å²) in [6, 6.07) is 10.0. The molecule has 1 fully saturated rings. The Hall–Kier alpha value is -2.89. The summed E-state index contributed by atoms with van der Waals surface area (Å²) in [6.45, 7) is 6.00. The normalized spacial score (nSPS) is 15.5. The van der Waals surface area contributed by atoms with Crippen molar-refractivity contribution in [3.8, 4) is 5.75 Å². The Morgan fingerprint density at radius 3 is 2.70 bits per heavy atom. The number of fused-ring (bicyclic) bond motifs is 1. The van der Waals surface area contributed by atoms with Gasteiger partial charge in [0.15, 0.2) is 0 Å². The van der Waals surface area contributed by atoms with Gasteiger partial charge in [-0.3, -0.25) is 4.79 Å². The molecule has 0 radical (unpaired) electrons. The molecule has 1 saturated heterocycles. The first-order chi connectivity index (χ1) is 14.4. The molecule has 1 aliphatic heterocycles. The number of benzene rings is 1. The van der Waals surface area contributed by atoms with Gasteiger partial charge in [0.1, 0.15) is 17.2 Å². The SMILES string of the molecule is CC(C)(COc1ccc(F)cc1)CC(=O)N1CCC(c2c[nH]c3ncccc23)CC1. The van der Waals surface area contributed by atoms with Crippen molar-refractivity contribution in [3.05, 3.63) is 60.2 Å². The maximum absolute atomic E-state index is 13.0. The largest absolute Gasteiger partial charge is 0.493 e. The molecule has 1 aromatic carbocycles. The van der Waals surface area contributed by atoms with Crippen molar-refractivity contribution in [1.82, 2.24) is 14.9 Å². The van der Waals surface area contributed by atoms with Gasteiger partial charge in [-0.1, -0.05) is 13.8 Å². The molecular formula is C24H28FN3O2. The van der Waals surface area contributed by atoms with E-state index in [4.69, 9.17) is 4.74 Å². The lowest BCUT2D eigenvalue weighted by atomic mass is 9.87. The van der Waals surface area contributed by atoms with Crippen molar-refractivity contribution in [2.24, 2.45) is 5.41 Å². The highest BCUT2D eigenvalue weighted by Gasteiger charge is 2.30. The summed E-state index contributed by atoms with van der Waals surface area (Å²) in [7, 11) is 0. The van der Waals surface area contributed by atoms with Crippen LogP contribution in [-0.2, 0) is 4.79 Å². The van der Waals surface area contributed by atoms with E-state index in [1.165, 1.54) is 23.1 Å². The van der Waals surface area contributed by atoms with Gasteiger partial charge in [0.2, 0.25) is 5.91 Å². The number of carbonyl (C=O) groups is 1. The summed E-state index contributed by atoms with van der Waals surface area (Å²) in [5, 5.41) is 1.18. The highest BCUT2D eigenvalue weighted by molar-refractivity contribution is 5.80. The first-order valence-corrected chi connectivity index (χ1v) is 10.5. The summed E-state index contributed by atoms with van der Waals surface area (Å²) in [4.78, 5) is 22.5. The first kappa shape index (κ1) is 20.4. The number of nitrogens with zero attached hydrogens (tertiary/aromatic N) is 2. The molecule has 2 aromatic heterocycles. The Balaban J connectivity index is 1.29. The van der Waals surface area contributed by atoms with Crippen LogP contribution in [-0.4, -0.2) is 40.5 Å². The number of nitrogens with one attached hydrogen (secondary N) is 1. The van der Waals surface area contributed by atoms with E-state index < -0.39 is 0 Å². The van der Waals surface area contributed by atoms with E-state index >= 15 is 0 Å². The minimum absolute atomic E-state index is 0.168. The predicted molar refractivity (Wildman–Crippen MR) is 115 cm³/mol. The summed E-state index contributed by atoms with van der Waals surface area (Å²) in [5.41, 5.74) is 1.93. The zero-order chi connectivity index (χ0) is 21.1. The van der Waals surface area contributed by atoms with Gasteiger partial charge < -0.3 is 14.6 Å². The fourth-order valence-electron chi connectivity index (χ4n) is 4.14. The molecule has 3 aromatic rings. The van der Waals surface area contributed by atoms with Gasteiger partial charge in [0.05, 0.1) is 6.61 Å². The van der Waals surface area contributed by atoms with E-state index in [0.717, 1.165) is 31.6 Å². The third-order valence-electron chi connectivity index (χ3n) is 5.84. The monoisotopic (exact) mass is 409 g/mol. The molecule has 0 saturated carbocycles. The van der Waals surface area contributed by atoms with Gasteiger partial charge >= 0.3 is 0 Å². The number of ether oxygens (including phenoxy) is 1. The van der Waals surface area contributed by atoms with Gasteiger partial charge in [0.25, 0.3) is 0 Å². The van der Waals surface area contributed by atoms with Crippen molar-refractivity contribution < 1.29 is 13.9 Å². The number of pyridine rings is 1. The predicted octanol–water partition coefficient (Wildman–Crippen LogP) is 4.90. The van der Waals surface area contributed by atoms with Crippen molar-refractivity contribution in [2.45, 2.75) is 39.0 Å². The van der Waals surface area contributed by atoms with Crippen LogP contribution >= 0.6 is 0 Å². The number of H-pyrrole nitrogens is 1. The number of amides is 1. The Morgan fingerprint density at radius 1 is 1.23 bits per heavy atom. The molecule has 30 heavy (non-hydrogen) atoms. The second kappa shape index (κ2) is 8.46. The molecule has 158 valence electrons. The van der Waals surface area contributed by atoms with Gasteiger partial charge in [-0.05, 0) is 60.7 Å². The lowest BCUT2D eigenvalue weighted by Gasteiger charge is -2.34. The molecule has 3 heterocycles. The van der Waals surface area contributed by atoms with Crippen LogP contribution in [0.5, 0.6) is 5.75 Å². The third kappa shape index (κ3) is 4.64. The maximum atomic E-state index is 13.0. The fraction of sp³-hybridized carbons (Fsp3) is 0.417. The van der Waals surface area contributed by atoms with Gasteiger partial charge in [-0.2, -0.15) is 0 Å². The second-order valence-electron chi connectivity index (χ2n) is 8.88. The number of rotatable bonds is 6. The van der Waals surface area contributed by atoms with E-state index in [1.54, 1.807) is 18.3 Å². The lowest BCUT2D eigenvalue weighted by molar-refractivity contribution is -0.134. The number of aromatic amines is 1. The van der Waals surface area contributed by atoms with Crippen LogP contribution in [0.1, 0.15) is 44.6 Å². The zero-order valence-corrected chi connectivity index (χ0v) is 17.5. The summed E-state index contributed by atoms with van der Waals surface area (Å²) < 4.78 is 18.8. The lowest BCUT2D eigenvalue weighted by Crippen LogP contribution is -2.40. The van der Waals surface area contributed by atoms with E-state index in [2.05, 4.69) is 22.2 Å². The number of likely N-dealkylation sites (tertiary alicyclic amines) is 1. The van der Waals surface area contributed by atoms with Crippen LogP contribution in [0.2, 0.25) is 0 Å². The molecule has 0 aliphatic carbocycles. The van der Waals surface area contributed by atoms with Crippen LogP contribution in [0.15, 0.2) is 48.8 Å². The molecular weight excluding hydrogens is 381 g/mol. The number of hydrogen-bond acceptors (Lipinski definition) is 3. The fourth-order valence-corrected chi connectivity index (χ4v) is 4.14. The summed E-state index contributed by atoms with van der Waals surface area (Å²) in [5.74, 6) is 0.943. The Labute approximate surface area is 176 Å². The van der Waals surface area contributed by atoms with E-state index in [-0.39, 0.29) is 17.1 Å². The Kier molecular flexibility index (Phi) is 5.75. The van der Waals surface area contributed by atoms with Gasteiger partial charge in [-0.25, -0.2) is 9.37 Å². The molecule has 0 bridgehead atoms. The molecule has 6 heteroatoms. The minimum atomic E-state index is -0.301. The van der Waals surface area contributed by atoms with Crippen LogP contribution < -0.4 is 4.74 Å². The molecule has 1 N–H and O–H groups in total. The van der Waals surface area contributed by atoms with Crippen LogP contribution in [0.4, 0.5) is 4.39 Å². The van der Waals surface area contributed by atoms with Crippen molar-refractivity contribution in [3.63, 3.8) is 0 Å². The Morgan fingerprint density at radius 2 is 1.97 bits per heavy atom. The van der Waals surface area contributed by atoms with Crippen molar-refractivity contribution in [1.29, 1.82) is 0 Å². The van der Waals surface area contributed by atoms with Gasteiger partial charge in [0, 0.05) is 42.7 Å². The number of halogens is 1.